The molecule has 2 rings (SSSR count). The van der Waals surface area contributed by atoms with E-state index >= 15 is 0 Å². The highest BCUT2D eigenvalue weighted by molar-refractivity contribution is 7.09. The summed E-state index contributed by atoms with van der Waals surface area (Å²) in [7, 11) is 1.85. The molecule has 1 aromatic rings. The SMILES string of the molecule is CCN(CC(=O)O)C1CCN(CC(=O)N(C)Cc2cccs2)CC1. The fourth-order valence-corrected chi connectivity index (χ4v) is 3.91. The molecule has 1 aliphatic rings. The number of piperidine rings is 1. The van der Waals surface area contributed by atoms with E-state index in [-0.39, 0.29) is 12.5 Å². The average molecular weight is 353 g/mol. The van der Waals surface area contributed by atoms with Crippen LogP contribution in [0, 0.1) is 0 Å². The Morgan fingerprint density at radius 1 is 1.38 bits per heavy atom. The first kappa shape index (κ1) is 18.9. The van der Waals surface area contributed by atoms with E-state index in [1.807, 2.05) is 36.4 Å². The molecule has 1 saturated heterocycles. The summed E-state index contributed by atoms with van der Waals surface area (Å²) in [5.41, 5.74) is 0. The van der Waals surface area contributed by atoms with Crippen LogP contribution in [0.5, 0.6) is 0 Å². The highest BCUT2D eigenvalue weighted by Gasteiger charge is 2.26. The zero-order chi connectivity index (χ0) is 17.5. The highest BCUT2D eigenvalue weighted by Crippen LogP contribution is 2.17. The van der Waals surface area contributed by atoms with Crippen molar-refractivity contribution in [2.75, 3.05) is 39.8 Å². The van der Waals surface area contributed by atoms with Crippen molar-refractivity contribution in [2.45, 2.75) is 32.4 Å². The van der Waals surface area contributed by atoms with Gasteiger partial charge >= 0.3 is 5.97 Å². The van der Waals surface area contributed by atoms with Crippen LogP contribution in [0.1, 0.15) is 24.6 Å². The maximum Gasteiger partial charge on any atom is 0.317 e. The van der Waals surface area contributed by atoms with Crippen molar-refractivity contribution in [1.29, 1.82) is 0 Å². The van der Waals surface area contributed by atoms with Gasteiger partial charge in [0, 0.05) is 31.1 Å². The van der Waals surface area contributed by atoms with Gasteiger partial charge in [0.2, 0.25) is 5.91 Å². The Morgan fingerprint density at radius 3 is 2.62 bits per heavy atom. The second-order valence-corrected chi connectivity index (χ2v) is 7.33. The van der Waals surface area contributed by atoms with Gasteiger partial charge in [0.25, 0.3) is 0 Å². The number of hydrogen-bond acceptors (Lipinski definition) is 5. The Labute approximate surface area is 147 Å². The predicted molar refractivity (Wildman–Crippen MR) is 95.1 cm³/mol. The summed E-state index contributed by atoms with van der Waals surface area (Å²) in [5, 5.41) is 11.0. The number of carboxylic acids is 1. The maximum absolute atomic E-state index is 12.4. The Hall–Kier alpha value is -1.44. The van der Waals surface area contributed by atoms with Gasteiger partial charge in [0.1, 0.15) is 0 Å². The lowest BCUT2D eigenvalue weighted by Gasteiger charge is -2.37. The van der Waals surface area contributed by atoms with Gasteiger partial charge in [-0.15, -0.1) is 11.3 Å². The minimum Gasteiger partial charge on any atom is -0.480 e. The first-order valence-electron chi connectivity index (χ1n) is 8.44. The second kappa shape index (κ2) is 9.15. The van der Waals surface area contributed by atoms with Crippen molar-refractivity contribution in [1.82, 2.24) is 14.7 Å². The van der Waals surface area contributed by atoms with E-state index in [0.29, 0.717) is 19.1 Å². The molecule has 1 fully saturated rings. The van der Waals surface area contributed by atoms with Gasteiger partial charge in [-0.1, -0.05) is 13.0 Å². The van der Waals surface area contributed by atoms with Gasteiger partial charge in [-0.05, 0) is 30.8 Å². The number of rotatable bonds is 8. The van der Waals surface area contributed by atoms with Crippen LogP contribution in [-0.2, 0) is 16.1 Å². The normalized spacial score (nSPS) is 16.5. The average Bonchev–Trinajstić information content (AvgIpc) is 3.06. The number of likely N-dealkylation sites (N-methyl/N-ethyl adjacent to an activating group) is 2. The largest absolute Gasteiger partial charge is 0.480 e. The zero-order valence-corrected chi connectivity index (χ0v) is 15.3. The molecule has 0 saturated carbocycles. The minimum atomic E-state index is -0.773. The molecule has 0 aromatic carbocycles. The number of hydrogen-bond donors (Lipinski definition) is 1. The molecule has 0 radical (unpaired) electrons. The van der Waals surface area contributed by atoms with E-state index in [1.165, 1.54) is 4.88 Å². The Morgan fingerprint density at radius 2 is 2.08 bits per heavy atom. The summed E-state index contributed by atoms with van der Waals surface area (Å²) in [4.78, 5) is 30.4. The number of carbonyl (C=O) groups excluding carboxylic acids is 1. The molecule has 0 aliphatic carbocycles. The lowest BCUT2D eigenvalue weighted by molar-refractivity contribution is -0.139. The topological polar surface area (TPSA) is 64.1 Å². The van der Waals surface area contributed by atoms with Crippen LogP contribution < -0.4 is 0 Å². The zero-order valence-electron chi connectivity index (χ0n) is 14.5. The van der Waals surface area contributed by atoms with Crippen molar-refractivity contribution in [3.05, 3.63) is 22.4 Å². The van der Waals surface area contributed by atoms with Crippen molar-refractivity contribution in [3.8, 4) is 0 Å². The van der Waals surface area contributed by atoms with Crippen LogP contribution in [-0.4, -0.2) is 77.5 Å². The summed E-state index contributed by atoms with van der Waals surface area (Å²) in [6, 6.07) is 4.35. The molecule has 134 valence electrons. The molecule has 1 N–H and O–H groups in total. The van der Waals surface area contributed by atoms with E-state index in [1.54, 1.807) is 16.2 Å². The number of thiophene rings is 1. The van der Waals surface area contributed by atoms with Gasteiger partial charge in [0.15, 0.2) is 0 Å². The highest BCUT2D eigenvalue weighted by atomic mass is 32.1. The standard InChI is InChI=1S/C17H27N3O3S/c1-3-20(13-17(22)23)14-6-8-19(9-7-14)12-16(21)18(2)11-15-5-4-10-24-15/h4-5,10,14H,3,6-9,11-13H2,1-2H3,(H,22,23). The van der Waals surface area contributed by atoms with Crippen LogP contribution in [0.25, 0.3) is 0 Å². The predicted octanol–water partition coefficient (Wildman–Crippen LogP) is 1.58. The molecule has 6 nitrogen and oxygen atoms in total. The van der Waals surface area contributed by atoms with Gasteiger partial charge < -0.3 is 10.0 Å². The lowest BCUT2D eigenvalue weighted by atomic mass is 10.0. The van der Waals surface area contributed by atoms with Crippen molar-refractivity contribution < 1.29 is 14.7 Å². The third-order valence-electron chi connectivity index (χ3n) is 4.58. The second-order valence-electron chi connectivity index (χ2n) is 6.29. The third-order valence-corrected chi connectivity index (χ3v) is 5.44. The van der Waals surface area contributed by atoms with Gasteiger partial charge in [0.05, 0.1) is 19.6 Å². The van der Waals surface area contributed by atoms with Crippen molar-refractivity contribution in [3.63, 3.8) is 0 Å². The molecule has 1 amide bonds. The van der Waals surface area contributed by atoms with Crippen LogP contribution >= 0.6 is 11.3 Å². The monoisotopic (exact) mass is 353 g/mol. The van der Waals surface area contributed by atoms with Gasteiger partial charge in [-0.2, -0.15) is 0 Å². The van der Waals surface area contributed by atoms with E-state index in [2.05, 4.69) is 4.90 Å². The fraction of sp³-hybridized carbons (Fsp3) is 0.647. The van der Waals surface area contributed by atoms with Gasteiger partial charge in [-0.3, -0.25) is 19.4 Å². The Bertz CT molecular complexity index is 527. The number of carbonyl (C=O) groups is 2. The summed E-state index contributed by atoms with van der Waals surface area (Å²) in [6.07, 6.45) is 1.84. The maximum atomic E-state index is 12.4. The van der Waals surface area contributed by atoms with Crippen LogP contribution in [0.3, 0.4) is 0 Å². The van der Waals surface area contributed by atoms with Crippen LogP contribution in [0.4, 0.5) is 0 Å². The summed E-state index contributed by atoms with van der Waals surface area (Å²) in [5.74, 6) is -0.635. The van der Waals surface area contributed by atoms with E-state index in [9.17, 15) is 9.59 Å². The number of amides is 1. The van der Waals surface area contributed by atoms with E-state index < -0.39 is 5.97 Å². The molecule has 0 bridgehead atoms. The molecule has 1 aliphatic heterocycles. The minimum absolute atomic E-state index is 0.101. The Balaban J connectivity index is 1.75. The lowest BCUT2D eigenvalue weighted by Crippen LogP contribution is -2.48. The number of carboxylic acid groups (broad SMARTS) is 1. The summed E-state index contributed by atoms with van der Waals surface area (Å²) < 4.78 is 0. The van der Waals surface area contributed by atoms with E-state index in [0.717, 1.165) is 32.5 Å². The van der Waals surface area contributed by atoms with Gasteiger partial charge in [-0.25, -0.2) is 0 Å². The molecule has 0 spiro atoms. The smallest absolute Gasteiger partial charge is 0.317 e. The first-order chi connectivity index (χ1) is 11.5. The number of nitrogens with zero attached hydrogens (tertiary/aromatic N) is 3. The molecule has 2 heterocycles. The van der Waals surface area contributed by atoms with Crippen molar-refractivity contribution in [2.24, 2.45) is 0 Å². The van der Waals surface area contributed by atoms with E-state index in [4.69, 9.17) is 5.11 Å². The number of aliphatic carboxylic acids is 1. The molecular weight excluding hydrogens is 326 g/mol. The van der Waals surface area contributed by atoms with Crippen LogP contribution in [0.2, 0.25) is 0 Å². The number of likely N-dealkylation sites (tertiary alicyclic amines) is 1. The first-order valence-corrected chi connectivity index (χ1v) is 9.32. The summed E-state index contributed by atoms with van der Waals surface area (Å²) >= 11 is 1.66. The Kier molecular flexibility index (Phi) is 7.20. The molecular formula is C17H27N3O3S. The molecule has 7 heteroatoms. The molecule has 24 heavy (non-hydrogen) atoms. The van der Waals surface area contributed by atoms with Crippen LogP contribution in [0.15, 0.2) is 17.5 Å². The summed E-state index contributed by atoms with van der Waals surface area (Å²) in [6.45, 7) is 5.65. The van der Waals surface area contributed by atoms with Crippen molar-refractivity contribution >= 4 is 23.2 Å². The molecule has 1 aromatic heterocycles. The third kappa shape index (κ3) is 5.58. The molecule has 0 unspecified atom stereocenters. The fourth-order valence-electron chi connectivity index (χ4n) is 3.15. The molecule has 0 atom stereocenters. The quantitative estimate of drug-likeness (QED) is 0.769.